The lowest BCUT2D eigenvalue weighted by atomic mass is 10.1. The van der Waals surface area contributed by atoms with Gasteiger partial charge in [0.2, 0.25) is 0 Å². The molecule has 0 fully saturated rings. The average molecular weight is 419 g/mol. The number of hydrogen-bond acceptors (Lipinski definition) is 4. The number of rotatable bonds is 5. The molecule has 1 N–H and O–H groups in total. The average Bonchev–Trinajstić information content (AvgIpc) is 2.85. The van der Waals surface area contributed by atoms with Gasteiger partial charge in [0.15, 0.2) is 0 Å². The molecule has 156 valence electrons. The van der Waals surface area contributed by atoms with Crippen molar-refractivity contribution in [3.63, 3.8) is 0 Å². The van der Waals surface area contributed by atoms with E-state index >= 15 is 0 Å². The number of ether oxygens (including phenoxy) is 1. The first-order chi connectivity index (χ1) is 15.7. The maximum absolute atomic E-state index is 10.00. The molecular weight excluding hydrogens is 398 g/mol. The molecule has 0 saturated carbocycles. The van der Waals surface area contributed by atoms with Crippen LogP contribution in [0, 0.1) is 0 Å². The number of aromatic hydroxyl groups is 1. The Morgan fingerprint density at radius 2 is 1.47 bits per heavy atom. The van der Waals surface area contributed by atoms with E-state index in [0.717, 1.165) is 33.3 Å². The Labute approximate surface area is 185 Å². The van der Waals surface area contributed by atoms with Gasteiger partial charge in [-0.05, 0) is 48.0 Å². The van der Waals surface area contributed by atoms with Crippen molar-refractivity contribution in [3.05, 3.63) is 120 Å². The van der Waals surface area contributed by atoms with Gasteiger partial charge in [-0.15, -0.1) is 0 Å². The Morgan fingerprint density at radius 3 is 2.22 bits per heavy atom. The van der Waals surface area contributed by atoms with Crippen molar-refractivity contribution in [1.82, 2.24) is 0 Å². The van der Waals surface area contributed by atoms with Crippen molar-refractivity contribution in [3.8, 4) is 22.8 Å². The van der Waals surface area contributed by atoms with Gasteiger partial charge in [0.05, 0.1) is 11.0 Å². The number of phenols is 1. The molecule has 0 amide bonds. The van der Waals surface area contributed by atoms with Crippen molar-refractivity contribution in [2.75, 3.05) is 0 Å². The number of benzene rings is 4. The summed E-state index contributed by atoms with van der Waals surface area (Å²) in [5.41, 5.74) is 3.52. The Kier molecular flexibility index (Phi) is 5.41. The Hall–Kier alpha value is -4.31. The summed E-state index contributed by atoms with van der Waals surface area (Å²) in [6.07, 6.45) is 0. The molecule has 0 radical (unpaired) electrons. The summed E-state index contributed by atoms with van der Waals surface area (Å²) in [7, 11) is 0. The maximum Gasteiger partial charge on any atom is 0.137 e. The number of fused-ring (bicyclic) bond motifs is 1. The van der Waals surface area contributed by atoms with Crippen LogP contribution in [0.25, 0.3) is 22.3 Å². The molecule has 4 aromatic carbocycles. The number of phenolic OH excluding ortho intramolecular Hbond substituents is 1. The second-order valence-electron chi connectivity index (χ2n) is 7.42. The van der Waals surface area contributed by atoms with Crippen LogP contribution in [0.1, 0.15) is 5.56 Å². The molecule has 4 nitrogen and oxygen atoms in total. The molecule has 0 atom stereocenters. The minimum absolute atomic E-state index is 0.168. The molecule has 5 aromatic rings. The first kappa shape index (κ1) is 19.6. The van der Waals surface area contributed by atoms with Gasteiger partial charge in [0, 0.05) is 17.0 Å². The largest absolute Gasteiger partial charge is 0.508 e. The normalized spacial score (nSPS) is 11.6. The zero-order valence-electron chi connectivity index (χ0n) is 17.3. The van der Waals surface area contributed by atoms with E-state index in [4.69, 9.17) is 14.1 Å². The second-order valence-corrected chi connectivity index (χ2v) is 7.42. The van der Waals surface area contributed by atoms with Crippen LogP contribution in [-0.2, 0) is 6.61 Å². The van der Waals surface area contributed by atoms with E-state index in [9.17, 15) is 5.11 Å². The fraction of sp³-hybridized carbons (Fsp3) is 0.0357. The predicted octanol–water partition coefficient (Wildman–Crippen LogP) is 6.62. The molecule has 4 heteroatoms. The number of nitrogens with zero attached hydrogens (tertiary/aromatic N) is 1. The lowest BCUT2D eigenvalue weighted by Crippen LogP contribution is -2.03. The third-order valence-corrected chi connectivity index (χ3v) is 5.12. The third-order valence-electron chi connectivity index (χ3n) is 5.12. The van der Waals surface area contributed by atoms with Gasteiger partial charge in [-0.2, -0.15) is 0 Å². The minimum atomic E-state index is 0.168. The van der Waals surface area contributed by atoms with E-state index in [1.165, 1.54) is 0 Å². The summed E-state index contributed by atoms with van der Waals surface area (Å²) >= 11 is 0. The van der Waals surface area contributed by atoms with Crippen LogP contribution in [0.5, 0.6) is 11.5 Å². The zero-order chi connectivity index (χ0) is 21.8. The van der Waals surface area contributed by atoms with E-state index < -0.39 is 0 Å². The first-order valence-electron chi connectivity index (χ1n) is 10.4. The highest BCUT2D eigenvalue weighted by molar-refractivity contribution is 5.80. The lowest BCUT2D eigenvalue weighted by Gasteiger charge is -2.07. The predicted molar refractivity (Wildman–Crippen MR) is 126 cm³/mol. The third kappa shape index (κ3) is 4.40. The van der Waals surface area contributed by atoms with Crippen molar-refractivity contribution < 1.29 is 14.3 Å². The molecule has 0 unspecified atom stereocenters. The maximum atomic E-state index is 10.00. The fourth-order valence-electron chi connectivity index (χ4n) is 3.49. The molecule has 0 aliphatic rings. The highest BCUT2D eigenvalue weighted by Gasteiger charge is 2.07. The summed E-state index contributed by atoms with van der Waals surface area (Å²) < 4.78 is 12.0. The lowest BCUT2D eigenvalue weighted by molar-refractivity contribution is 0.306. The van der Waals surface area contributed by atoms with E-state index in [1.807, 2.05) is 91.0 Å². The van der Waals surface area contributed by atoms with Gasteiger partial charge in [0.25, 0.3) is 0 Å². The quantitative estimate of drug-likeness (QED) is 0.348. The highest BCUT2D eigenvalue weighted by atomic mass is 16.5. The molecule has 0 bridgehead atoms. The van der Waals surface area contributed by atoms with Crippen LogP contribution in [0.3, 0.4) is 0 Å². The Morgan fingerprint density at radius 1 is 0.750 bits per heavy atom. The summed E-state index contributed by atoms with van der Waals surface area (Å²) in [6, 6.07) is 34.6. The van der Waals surface area contributed by atoms with Crippen LogP contribution < -0.4 is 10.1 Å². The molecule has 0 aliphatic carbocycles. The number of hydrogen-bond donors (Lipinski definition) is 1. The Balaban J connectivity index is 1.50. The van der Waals surface area contributed by atoms with Crippen molar-refractivity contribution >= 4 is 16.7 Å². The molecule has 0 spiro atoms. The molecular formula is C28H21NO3. The van der Waals surface area contributed by atoms with E-state index in [1.54, 1.807) is 18.2 Å². The molecule has 0 aliphatic heterocycles. The summed E-state index contributed by atoms with van der Waals surface area (Å²) in [5.74, 6) is 1.66. The van der Waals surface area contributed by atoms with Gasteiger partial charge in [-0.25, -0.2) is 4.99 Å². The summed E-state index contributed by atoms with van der Waals surface area (Å²) in [4.78, 5) is 4.83. The van der Waals surface area contributed by atoms with Crippen LogP contribution in [0.4, 0.5) is 5.69 Å². The monoisotopic (exact) mass is 419 g/mol. The van der Waals surface area contributed by atoms with Gasteiger partial charge in [0.1, 0.15) is 29.4 Å². The van der Waals surface area contributed by atoms with Gasteiger partial charge in [-0.1, -0.05) is 60.7 Å². The van der Waals surface area contributed by atoms with Gasteiger partial charge >= 0.3 is 0 Å². The van der Waals surface area contributed by atoms with Gasteiger partial charge in [-0.3, -0.25) is 0 Å². The van der Waals surface area contributed by atoms with E-state index in [-0.39, 0.29) is 5.75 Å². The smallest absolute Gasteiger partial charge is 0.137 e. The standard InChI is InChI=1S/C28H21NO3/c30-23-13-16-27-25(17-23)26(18-28(32-27)21-9-5-2-6-10-21)29-22-11-14-24(15-12-22)31-19-20-7-3-1-4-8-20/h1-18,30H,19H2. The molecule has 1 heterocycles. The van der Waals surface area contributed by atoms with Crippen LogP contribution >= 0.6 is 0 Å². The SMILES string of the molecule is Oc1ccc2oc(-c3ccccc3)cc(=Nc3ccc(OCc4ccccc4)cc3)c2c1. The molecule has 32 heavy (non-hydrogen) atoms. The minimum Gasteiger partial charge on any atom is -0.508 e. The summed E-state index contributed by atoms with van der Waals surface area (Å²) in [6.45, 7) is 0.516. The second kappa shape index (κ2) is 8.82. The zero-order valence-corrected chi connectivity index (χ0v) is 17.3. The highest BCUT2D eigenvalue weighted by Crippen LogP contribution is 2.25. The van der Waals surface area contributed by atoms with Gasteiger partial charge < -0.3 is 14.3 Å². The van der Waals surface area contributed by atoms with Crippen molar-refractivity contribution in [1.29, 1.82) is 0 Å². The van der Waals surface area contributed by atoms with Crippen LogP contribution in [-0.4, -0.2) is 5.11 Å². The van der Waals surface area contributed by atoms with Crippen LogP contribution in [0.15, 0.2) is 119 Å². The van der Waals surface area contributed by atoms with Crippen LogP contribution in [0.2, 0.25) is 0 Å². The molecule has 1 aromatic heterocycles. The topological polar surface area (TPSA) is 55.0 Å². The fourth-order valence-corrected chi connectivity index (χ4v) is 3.49. The molecule has 0 saturated heterocycles. The first-order valence-corrected chi connectivity index (χ1v) is 10.4. The van der Waals surface area contributed by atoms with Crippen molar-refractivity contribution in [2.24, 2.45) is 4.99 Å². The van der Waals surface area contributed by atoms with E-state index in [0.29, 0.717) is 18.0 Å². The molecule has 5 rings (SSSR count). The van der Waals surface area contributed by atoms with Crippen molar-refractivity contribution in [2.45, 2.75) is 6.61 Å². The van der Waals surface area contributed by atoms with E-state index in [2.05, 4.69) is 0 Å². The Bertz CT molecular complexity index is 1410. The summed E-state index contributed by atoms with van der Waals surface area (Å²) in [5, 5.41) is 11.5.